The zero-order valence-electron chi connectivity index (χ0n) is 9.82. The molecule has 0 saturated carbocycles. The van der Waals surface area contributed by atoms with E-state index in [1.165, 1.54) is 5.39 Å². The van der Waals surface area contributed by atoms with Crippen molar-refractivity contribution in [3.63, 3.8) is 0 Å². The molecule has 1 saturated heterocycles. The second kappa shape index (κ2) is 4.38. The molecule has 3 rings (SSSR count). The fourth-order valence-corrected chi connectivity index (χ4v) is 2.71. The summed E-state index contributed by atoms with van der Waals surface area (Å²) >= 11 is 0. The highest BCUT2D eigenvalue weighted by atomic mass is 16.3. The number of nitrogens with one attached hydrogen (secondary N) is 1. The minimum Gasteiger partial charge on any atom is -0.508 e. The van der Waals surface area contributed by atoms with Crippen molar-refractivity contribution in [1.82, 2.24) is 5.32 Å². The smallest absolute Gasteiger partial charge is 0.119 e. The van der Waals surface area contributed by atoms with Gasteiger partial charge in [-0.25, -0.2) is 0 Å². The van der Waals surface area contributed by atoms with Gasteiger partial charge in [0.05, 0.1) is 0 Å². The van der Waals surface area contributed by atoms with Gasteiger partial charge in [0.1, 0.15) is 5.75 Å². The van der Waals surface area contributed by atoms with Crippen LogP contribution in [0.3, 0.4) is 0 Å². The van der Waals surface area contributed by atoms with Gasteiger partial charge in [0.25, 0.3) is 0 Å². The van der Waals surface area contributed by atoms with Crippen molar-refractivity contribution in [2.24, 2.45) is 0 Å². The van der Waals surface area contributed by atoms with Crippen LogP contribution in [0.1, 0.15) is 24.3 Å². The Morgan fingerprint density at radius 2 is 1.65 bits per heavy atom. The molecule has 0 aliphatic carbocycles. The number of fused-ring (bicyclic) bond motifs is 1. The topological polar surface area (TPSA) is 32.3 Å². The van der Waals surface area contributed by atoms with E-state index < -0.39 is 0 Å². The molecular weight excluding hydrogens is 210 g/mol. The summed E-state index contributed by atoms with van der Waals surface area (Å²) < 4.78 is 0. The zero-order chi connectivity index (χ0) is 11.7. The molecule has 2 aromatic rings. The van der Waals surface area contributed by atoms with E-state index in [0.29, 0.717) is 11.7 Å². The van der Waals surface area contributed by atoms with Gasteiger partial charge in [-0.2, -0.15) is 0 Å². The van der Waals surface area contributed by atoms with E-state index >= 15 is 0 Å². The fourth-order valence-electron chi connectivity index (χ4n) is 2.71. The van der Waals surface area contributed by atoms with Gasteiger partial charge in [-0.3, -0.25) is 0 Å². The monoisotopic (exact) mass is 227 g/mol. The molecule has 0 radical (unpaired) electrons. The van der Waals surface area contributed by atoms with Crippen molar-refractivity contribution < 1.29 is 5.11 Å². The van der Waals surface area contributed by atoms with Crippen molar-refractivity contribution in [1.29, 1.82) is 0 Å². The number of piperidine rings is 1. The lowest BCUT2D eigenvalue weighted by atomic mass is 9.88. The number of hydrogen-bond acceptors (Lipinski definition) is 2. The SMILES string of the molecule is Oc1cc2ccccc2cc1C1CCNCC1. The molecule has 0 bridgehead atoms. The van der Waals surface area contributed by atoms with Gasteiger partial charge in [-0.05, 0) is 60.3 Å². The van der Waals surface area contributed by atoms with Crippen LogP contribution in [0.15, 0.2) is 36.4 Å². The summed E-state index contributed by atoms with van der Waals surface area (Å²) in [5.74, 6) is 0.955. The predicted molar refractivity (Wildman–Crippen MR) is 70.5 cm³/mol. The first kappa shape index (κ1) is 10.6. The largest absolute Gasteiger partial charge is 0.508 e. The maximum atomic E-state index is 10.1. The second-order valence-corrected chi connectivity index (χ2v) is 4.78. The van der Waals surface area contributed by atoms with Crippen LogP contribution < -0.4 is 5.32 Å². The minimum absolute atomic E-state index is 0.454. The number of rotatable bonds is 1. The summed E-state index contributed by atoms with van der Waals surface area (Å²) in [6.45, 7) is 2.11. The maximum Gasteiger partial charge on any atom is 0.119 e. The summed E-state index contributed by atoms with van der Waals surface area (Å²) in [6, 6.07) is 12.3. The van der Waals surface area contributed by atoms with Crippen LogP contribution in [-0.2, 0) is 0 Å². The van der Waals surface area contributed by atoms with E-state index in [-0.39, 0.29) is 0 Å². The molecule has 2 aromatic carbocycles. The third kappa shape index (κ3) is 2.01. The molecule has 2 heteroatoms. The average molecular weight is 227 g/mol. The maximum absolute atomic E-state index is 10.1. The molecule has 0 atom stereocenters. The Morgan fingerprint density at radius 3 is 2.35 bits per heavy atom. The summed E-state index contributed by atoms with van der Waals surface area (Å²) in [5, 5.41) is 15.8. The molecule has 0 aromatic heterocycles. The van der Waals surface area contributed by atoms with Crippen LogP contribution in [0.5, 0.6) is 5.75 Å². The van der Waals surface area contributed by atoms with E-state index in [2.05, 4.69) is 17.4 Å². The number of phenolic OH excluding ortho intramolecular Hbond substituents is 1. The second-order valence-electron chi connectivity index (χ2n) is 4.78. The van der Waals surface area contributed by atoms with Gasteiger partial charge < -0.3 is 10.4 Å². The molecule has 1 aliphatic rings. The molecule has 88 valence electrons. The third-order valence-corrected chi connectivity index (χ3v) is 3.67. The Balaban J connectivity index is 2.06. The number of phenols is 1. The predicted octanol–water partition coefficient (Wildman–Crippen LogP) is 3.01. The van der Waals surface area contributed by atoms with Crippen LogP contribution in [0.4, 0.5) is 0 Å². The van der Waals surface area contributed by atoms with Crippen LogP contribution >= 0.6 is 0 Å². The summed E-state index contributed by atoms with van der Waals surface area (Å²) in [7, 11) is 0. The van der Waals surface area contributed by atoms with Gasteiger partial charge in [0.2, 0.25) is 0 Å². The zero-order valence-corrected chi connectivity index (χ0v) is 9.82. The Morgan fingerprint density at radius 1 is 1.00 bits per heavy atom. The normalized spacial score (nSPS) is 17.4. The van der Waals surface area contributed by atoms with Crippen LogP contribution in [0.2, 0.25) is 0 Å². The number of benzene rings is 2. The van der Waals surface area contributed by atoms with Gasteiger partial charge in [-0.15, -0.1) is 0 Å². The highest BCUT2D eigenvalue weighted by Gasteiger charge is 2.18. The highest BCUT2D eigenvalue weighted by molar-refractivity contribution is 5.85. The Kier molecular flexibility index (Phi) is 2.73. The molecule has 2 N–H and O–H groups in total. The van der Waals surface area contributed by atoms with Crippen LogP contribution in [0.25, 0.3) is 10.8 Å². The van der Waals surface area contributed by atoms with Crippen molar-refractivity contribution in [2.45, 2.75) is 18.8 Å². The number of aromatic hydroxyl groups is 1. The van der Waals surface area contributed by atoms with E-state index in [1.807, 2.05) is 24.3 Å². The third-order valence-electron chi connectivity index (χ3n) is 3.67. The van der Waals surface area contributed by atoms with Crippen molar-refractivity contribution in [2.75, 3.05) is 13.1 Å². The molecule has 0 amide bonds. The minimum atomic E-state index is 0.454. The first-order chi connectivity index (χ1) is 8.34. The van der Waals surface area contributed by atoms with Crippen molar-refractivity contribution >= 4 is 10.8 Å². The summed E-state index contributed by atoms with van der Waals surface area (Å²) in [5.41, 5.74) is 1.12. The highest BCUT2D eigenvalue weighted by Crippen LogP contribution is 2.34. The standard InChI is InChI=1S/C15H17NO/c17-15-10-13-4-2-1-3-12(13)9-14(15)11-5-7-16-8-6-11/h1-4,9-11,16-17H,5-8H2. The van der Waals surface area contributed by atoms with Gasteiger partial charge >= 0.3 is 0 Å². The number of hydrogen-bond donors (Lipinski definition) is 2. The average Bonchev–Trinajstić information content (AvgIpc) is 2.39. The molecule has 1 heterocycles. The molecule has 0 unspecified atom stereocenters. The van der Waals surface area contributed by atoms with Gasteiger partial charge in [0.15, 0.2) is 0 Å². The van der Waals surface area contributed by atoms with Gasteiger partial charge in [0, 0.05) is 0 Å². The Labute approximate surface area is 101 Å². The lowest BCUT2D eigenvalue weighted by Crippen LogP contribution is -2.26. The van der Waals surface area contributed by atoms with Crippen molar-refractivity contribution in [3.05, 3.63) is 42.0 Å². The van der Waals surface area contributed by atoms with Crippen LogP contribution in [-0.4, -0.2) is 18.2 Å². The van der Waals surface area contributed by atoms with Crippen LogP contribution in [0, 0.1) is 0 Å². The van der Waals surface area contributed by atoms with Crippen molar-refractivity contribution in [3.8, 4) is 5.75 Å². The van der Waals surface area contributed by atoms with E-state index in [9.17, 15) is 5.11 Å². The lowest BCUT2D eigenvalue weighted by Gasteiger charge is -2.24. The summed E-state index contributed by atoms with van der Waals surface area (Å²) in [6.07, 6.45) is 2.23. The Hall–Kier alpha value is -1.54. The van der Waals surface area contributed by atoms with E-state index in [0.717, 1.165) is 36.9 Å². The van der Waals surface area contributed by atoms with E-state index in [4.69, 9.17) is 0 Å². The lowest BCUT2D eigenvalue weighted by molar-refractivity contribution is 0.425. The Bertz CT molecular complexity index is 529. The molecule has 1 fully saturated rings. The summed E-state index contributed by atoms with van der Waals surface area (Å²) in [4.78, 5) is 0. The fraction of sp³-hybridized carbons (Fsp3) is 0.333. The quantitative estimate of drug-likeness (QED) is 0.785. The molecule has 1 aliphatic heterocycles. The first-order valence-corrected chi connectivity index (χ1v) is 6.27. The van der Waals surface area contributed by atoms with E-state index in [1.54, 1.807) is 0 Å². The first-order valence-electron chi connectivity index (χ1n) is 6.27. The van der Waals surface area contributed by atoms with Gasteiger partial charge in [-0.1, -0.05) is 24.3 Å². The molecule has 0 spiro atoms. The molecular formula is C15H17NO. The molecule has 17 heavy (non-hydrogen) atoms. The molecule has 2 nitrogen and oxygen atoms in total.